The molecule has 5 atom stereocenters. The van der Waals surface area contributed by atoms with Crippen LogP contribution in [-0.2, 0) is 23.9 Å². The van der Waals surface area contributed by atoms with Crippen LogP contribution in [0.5, 0.6) is 0 Å². The molecule has 0 aromatic rings. The maximum absolute atomic E-state index is 12.2. The van der Waals surface area contributed by atoms with Crippen LogP contribution in [0.3, 0.4) is 0 Å². The second-order valence-electron chi connectivity index (χ2n) is 5.11. The number of esters is 1. The van der Waals surface area contributed by atoms with E-state index < -0.39 is 23.2 Å². The number of fused-ring (bicyclic) bond motifs is 5. The van der Waals surface area contributed by atoms with Gasteiger partial charge in [-0.1, -0.05) is 12.2 Å². The summed E-state index contributed by atoms with van der Waals surface area (Å²) in [5.41, 5.74) is 0. The molecule has 0 spiro atoms. The molecule has 3 rings (SSSR count). The summed E-state index contributed by atoms with van der Waals surface area (Å²) in [4.78, 5) is 36.8. The molecule has 3 heterocycles. The molecule has 2 amide bonds. The Morgan fingerprint density at radius 1 is 1.35 bits per heavy atom. The SMILES string of the molecule is CC(Cl)C(=O)OCCN1C(=O)C2C3C=CC(O3)C2C1=O. The maximum Gasteiger partial charge on any atom is 0.323 e. The number of carbonyl (C=O) groups excluding carboxylic acids is 3. The van der Waals surface area contributed by atoms with Gasteiger partial charge in [0.25, 0.3) is 0 Å². The van der Waals surface area contributed by atoms with Crippen LogP contribution >= 0.6 is 11.6 Å². The lowest BCUT2D eigenvalue weighted by atomic mass is 9.85. The lowest BCUT2D eigenvalue weighted by Gasteiger charge is -2.17. The first-order valence-electron chi connectivity index (χ1n) is 6.50. The fourth-order valence-corrected chi connectivity index (χ4v) is 3.00. The zero-order valence-corrected chi connectivity index (χ0v) is 11.6. The van der Waals surface area contributed by atoms with Crippen LogP contribution in [-0.4, -0.2) is 53.4 Å². The van der Waals surface area contributed by atoms with Gasteiger partial charge in [-0.2, -0.15) is 0 Å². The van der Waals surface area contributed by atoms with Gasteiger partial charge >= 0.3 is 5.97 Å². The molecule has 6 nitrogen and oxygen atoms in total. The Hall–Kier alpha value is -1.40. The number of hydrogen-bond acceptors (Lipinski definition) is 5. The fraction of sp³-hybridized carbons (Fsp3) is 0.615. The Bertz CT molecular complexity index is 473. The second kappa shape index (κ2) is 4.86. The van der Waals surface area contributed by atoms with Crippen molar-refractivity contribution in [2.75, 3.05) is 13.2 Å². The first-order valence-corrected chi connectivity index (χ1v) is 6.94. The van der Waals surface area contributed by atoms with Crippen LogP contribution in [0.1, 0.15) is 6.92 Å². The average Bonchev–Trinajstić information content (AvgIpc) is 3.07. The Labute approximate surface area is 120 Å². The number of rotatable bonds is 4. The van der Waals surface area contributed by atoms with Gasteiger partial charge in [0, 0.05) is 0 Å². The van der Waals surface area contributed by atoms with Gasteiger partial charge in [0.1, 0.15) is 12.0 Å². The minimum Gasteiger partial charge on any atom is -0.463 e. The van der Waals surface area contributed by atoms with Crippen LogP contribution in [0.25, 0.3) is 0 Å². The Morgan fingerprint density at radius 3 is 2.40 bits per heavy atom. The van der Waals surface area contributed by atoms with Crippen LogP contribution in [0, 0.1) is 11.8 Å². The summed E-state index contributed by atoms with van der Waals surface area (Å²) in [6.07, 6.45) is 3.07. The van der Waals surface area contributed by atoms with Crippen molar-refractivity contribution in [2.45, 2.75) is 24.5 Å². The van der Waals surface area contributed by atoms with Crippen LogP contribution in [0.15, 0.2) is 12.2 Å². The zero-order valence-electron chi connectivity index (χ0n) is 10.8. The number of amides is 2. The second-order valence-corrected chi connectivity index (χ2v) is 5.77. The highest BCUT2D eigenvalue weighted by atomic mass is 35.5. The predicted molar refractivity (Wildman–Crippen MR) is 67.8 cm³/mol. The van der Waals surface area contributed by atoms with E-state index in [-0.39, 0.29) is 37.2 Å². The zero-order chi connectivity index (χ0) is 14.4. The van der Waals surface area contributed by atoms with E-state index in [2.05, 4.69) is 0 Å². The molecule has 20 heavy (non-hydrogen) atoms. The van der Waals surface area contributed by atoms with Crippen molar-refractivity contribution >= 4 is 29.4 Å². The van der Waals surface area contributed by atoms with Crippen molar-refractivity contribution in [3.8, 4) is 0 Å². The highest BCUT2D eigenvalue weighted by Crippen LogP contribution is 2.44. The standard InChI is InChI=1S/C13H14ClNO5/c1-6(14)13(18)19-5-4-15-11(16)9-7-2-3-8(20-7)10(9)12(15)17/h2-3,6-10H,4-5H2,1H3. The smallest absolute Gasteiger partial charge is 0.323 e. The molecular weight excluding hydrogens is 286 g/mol. The lowest BCUT2D eigenvalue weighted by molar-refractivity contribution is -0.149. The lowest BCUT2D eigenvalue weighted by Crippen LogP contribution is -2.37. The number of imide groups is 1. The van der Waals surface area contributed by atoms with Gasteiger partial charge in [0.2, 0.25) is 11.8 Å². The highest BCUT2D eigenvalue weighted by Gasteiger charge is 2.60. The van der Waals surface area contributed by atoms with Crippen LogP contribution in [0.4, 0.5) is 0 Å². The van der Waals surface area contributed by atoms with Gasteiger partial charge in [0.15, 0.2) is 0 Å². The molecule has 2 fully saturated rings. The molecule has 3 aliphatic heterocycles. The van der Waals surface area contributed by atoms with E-state index in [1.165, 1.54) is 6.92 Å². The molecule has 2 saturated heterocycles. The number of halogens is 1. The summed E-state index contributed by atoms with van der Waals surface area (Å²) in [5, 5.41) is -0.743. The van der Waals surface area contributed by atoms with Gasteiger partial charge in [-0.25, -0.2) is 0 Å². The van der Waals surface area contributed by atoms with E-state index in [1.54, 1.807) is 0 Å². The van der Waals surface area contributed by atoms with E-state index >= 15 is 0 Å². The number of likely N-dealkylation sites (tertiary alicyclic amines) is 1. The van der Waals surface area contributed by atoms with Gasteiger partial charge in [0.05, 0.1) is 30.6 Å². The Morgan fingerprint density at radius 2 is 1.90 bits per heavy atom. The molecule has 108 valence electrons. The molecule has 0 saturated carbocycles. The van der Waals surface area contributed by atoms with Crippen molar-refractivity contribution in [3.05, 3.63) is 12.2 Å². The molecule has 0 aromatic carbocycles. The summed E-state index contributed by atoms with van der Waals surface area (Å²) in [5.74, 6) is -1.88. The summed E-state index contributed by atoms with van der Waals surface area (Å²) >= 11 is 5.56. The third-order valence-electron chi connectivity index (χ3n) is 3.89. The van der Waals surface area contributed by atoms with Crippen molar-refractivity contribution in [2.24, 2.45) is 11.8 Å². The normalized spacial score (nSPS) is 35.6. The van der Waals surface area contributed by atoms with Crippen molar-refractivity contribution < 1.29 is 23.9 Å². The van der Waals surface area contributed by atoms with Gasteiger partial charge in [-0.3, -0.25) is 19.3 Å². The summed E-state index contributed by atoms with van der Waals surface area (Å²) in [6.45, 7) is 1.54. The summed E-state index contributed by atoms with van der Waals surface area (Å²) in [7, 11) is 0. The predicted octanol–water partition coefficient (Wildman–Crippen LogP) is 0.0953. The van der Waals surface area contributed by atoms with E-state index in [4.69, 9.17) is 21.1 Å². The first kappa shape index (κ1) is 13.6. The third-order valence-corrected chi connectivity index (χ3v) is 4.06. The van der Waals surface area contributed by atoms with E-state index in [0.29, 0.717) is 0 Å². The molecule has 3 aliphatic rings. The van der Waals surface area contributed by atoms with Crippen molar-refractivity contribution in [1.29, 1.82) is 0 Å². The highest BCUT2D eigenvalue weighted by molar-refractivity contribution is 6.29. The number of hydrogen-bond donors (Lipinski definition) is 0. The molecule has 5 unspecified atom stereocenters. The van der Waals surface area contributed by atoms with Crippen LogP contribution < -0.4 is 0 Å². The van der Waals surface area contributed by atoms with Crippen molar-refractivity contribution in [3.63, 3.8) is 0 Å². The molecule has 0 aliphatic carbocycles. The van der Waals surface area contributed by atoms with E-state index in [1.807, 2.05) is 12.2 Å². The Balaban J connectivity index is 1.61. The average molecular weight is 300 g/mol. The minimum absolute atomic E-state index is 0.0313. The van der Waals surface area contributed by atoms with Gasteiger partial charge in [-0.05, 0) is 6.92 Å². The Kier molecular flexibility index (Phi) is 3.30. The molecular formula is C13H14ClNO5. The van der Waals surface area contributed by atoms with Crippen molar-refractivity contribution in [1.82, 2.24) is 4.90 Å². The largest absolute Gasteiger partial charge is 0.463 e. The first-order chi connectivity index (χ1) is 9.50. The molecule has 2 bridgehead atoms. The fourth-order valence-electron chi connectivity index (χ4n) is 2.94. The molecule has 0 aromatic heterocycles. The summed E-state index contributed by atoms with van der Waals surface area (Å²) < 4.78 is 10.4. The van der Waals surface area contributed by atoms with E-state index in [0.717, 1.165) is 4.90 Å². The van der Waals surface area contributed by atoms with Gasteiger partial charge < -0.3 is 9.47 Å². The number of ether oxygens (including phenoxy) is 2. The third kappa shape index (κ3) is 1.94. The maximum atomic E-state index is 12.2. The minimum atomic E-state index is -0.743. The number of nitrogens with zero attached hydrogens (tertiary/aromatic N) is 1. The monoisotopic (exact) mass is 299 g/mol. The number of carbonyl (C=O) groups is 3. The molecule has 7 heteroatoms. The topological polar surface area (TPSA) is 72.9 Å². The quantitative estimate of drug-likeness (QED) is 0.318. The van der Waals surface area contributed by atoms with E-state index in [9.17, 15) is 14.4 Å². The van der Waals surface area contributed by atoms with Crippen LogP contribution in [0.2, 0.25) is 0 Å². The molecule has 0 N–H and O–H groups in total. The number of alkyl halides is 1. The van der Waals surface area contributed by atoms with Gasteiger partial charge in [-0.15, -0.1) is 11.6 Å². The molecule has 0 radical (unpaired) electrons. The summed E-state index contributed by atoms with van der Waals surface area (Å²) in [6, 6.07) is 0.